The van der Waals surface area contributed by atoms with Gasteiger partial charge in [0, 0.05) is 30.9 Å². The number of carbonyl (C=O) groups excluding carboxylic acids is 3. The number of amides is 2. The Bertz CT molecular complexity index is 1350. The lowest BCUT2D eigenvalue weighted by Crippen LogP contribution is -2.65. The second-order valence-electron chi connectivity index (χ2n) is 14.5. The summed E-state index contributed by atoms with van der Waals surface area (Å²) in [5.74, 6) is -0.825. The van der Waals surface area contributed by atoms with E-state index in [1.807, 2.05) is 24.3 Å². The van der Waals surface area contributed by atoms with Gasteiger partial charge in [-0.25, -0.2) is 4.98 Å². The van der Waals surface area contributed by atoms with Gasteiger partial charge in [0.1, 0.15) is 5.69 Å². The van der Waals surface area contributed by atoms with Crippen molar-refractivity contribution in [3.05, 3.63) is 59.7 Å². The van der Waals surface area contributed by atoms with Crippen LogP contribution >= 0.6 is 0 Å². The van der Waals surface area contributed by atoms with Gasteiger partial charge in [-0.2, -0.15) is 0 Å². The molecule has 4 aliphatic rings. The molecule has 45 heavy (non-hydrogen) atoms. The minimum atomic E-state index is -0.807. The maximum atomic E-state index is 14.0. The molecule has 1 aromatic carbocycles. The van der Waals surface area contributed by atoms with Crippen LogP contribution < -0.4 is 10.6 Å². The summed E-state index contributed by atoms with van der Waals surface area (Å²) in [7, 11) is -0.581. The van der Waals surface area contributed by atoms with E-state index in [0.29, 0.717) is 23.8 Å². The molecule has 2 amide bonds. The van der Waals surface area contributed by atoms with E-state index < -0.39 is 30.5 Å². The van der Waals surface area contributed by atoms with E-state index in [9.17, 15) is 14.4 Å². The predicted molar refractivity (Wildman–Crippen MR) is 173 cm³/mol. The number of nitrogens with zero attached hydrogens (tertiary/aromatic N) is 2. The summed E-state index contributed by atoms with van der Waals surface area (Å²) >= 11 is 0. The minimum Gasteiger partial charge on any atom is -0.404 e. The molecule has 1 saturated heterocycles. The number of carbonyl (C=O) groups is 3. The van der Waals surface area contributed by atoms with Gasteiger partial charge in [-0.3, -0.25) is 19.4 Å². The molecule has 6 atom stereocenters. The van der Waals surface area contributed by atoms with E-state index >= 15 is 0 Å². The molecule has 1 aliphatic heterocycles. The van der Waals surface area contributed by atoms with Crippen molar-refractivity contribution in [2.75, 3.05) is 6.54 Å². The van der Waals surface area contributed by atoms with Crippen LogP contribution in [0.4, 0.5) is 0 Å². The second-order valence-corrected chi connectivity index (χ2v) is 14.5. The Hall–Kier alpha value is -3.11. The third-order valence-electron chi connectivity index (χ3n) is 10.6. The molecule has 2 bridgehead atoms. The monoisotopic (exact) mass is 616 g/mol. The fraction of sp³-hybridized carbons (Fsp3) is 0.629. The molecule has 1 aromatic heterocycles. The summed E-state index contributed by atoms with van der Waals surface area (Å²) in [6.45, 7) is 13.2. The second kappa shape index (κ2) is 13.7. The van der Waals surface area contributed by atoms with E-state index in [1.54, 1.807) is 0 Å². The van der Waals surface area contributed by atoms with Crippen molar-refractivity contribution in [1.29, 1.82) is 0 Å². The number of aromatic nitrogens is 2. The summed E-state index contributed by atoms with van der Waals surface area (Å²) in [6.07, 6.45) is 10.2. The van der Waals surface area contributed by atoms with Crippen LogP contribution in [-0.2, 0) is 20.5 Å². The van der Waals surface area contributed by atoms with Crippen molar-refractivity contribution in [1.82, 2.24) is 20.6 Å². The SMILES string of the molecule is CCCCc1ccc(C(=O)C[C@@H](CNC(=O)c2cnccn2)C(=O)N[C@@H](CC(C)C)B2O[C@@H]3C[C@@H]4C[C@@H](C4(C)C)[C@]3(C)O2)cc1. The molecular weight excluding hydrogens is 567 g/mol. The number of nitrogens with one attached hydrogen (secondary N) is 2. The van der Waals surface area contributed by atoms with Crippen LogP contribution in [0.15, 0.2) is 42.9 Å². The lowest BCUT2D eigenvalue weighted by atomic mass is 9.43. The average molecular weight is 617 g/mol. The highest BCUT2D eigenvalue weighted by molar-refractivity contribution is 6.47. The average Bonchev–Trinajstić information content (AvgIpc) is 3.39. The Balaban J connectivity index is 1.31. The number of hydrogen-bond donors (Lipinski definition) is 2. The third kappa shape index (κ3) is 7.17. The van der Waals surface area contributed by atoms with Crippen LogP contribution in [0, 0.1) is 29.1 Å². The first-order valence-corrected chi connectivity index (χ1v) is 16.7. The Labute approximate surface area is 268 Å². The molecule has 10 heteroatoms. The third-order valence-corrected chi connectivity index (χ3v) is 10.6. The minimum absolute atomic E-state index is 0.00483. The molecular formula is C35H49BN4O5. The summed E-state index contributed by atoms with van der Waals surface area (Å²) in [5, 5.41) is 6.00. The molecule has 0 unspecified atom stereocenters. The van der Waals surface area contributed by atoms with Gasteiger partial charge >= 0.3 is 7.12 Å². The summed E-state index contributed by atoms with van der Waals surface area (Å²) in [4.78, 5) is 48.3. The van der Waals surface area contributed by atoms with Gasteiger partial charge in [-0.15, -0.1) is 0 Å². The number of unbranched alkanes of at least 4 members (excludes halogenated alkanes) is 1. The maximum Gasteiger partial charge on any atom is 0.481 e. The molecule has 3 saturated carbocycles. The first-order valence-electron chi connectivity index (χ1n) is 16.7. The van der Waals surface area contributed by atoms with Crippen LogP contribution in [0.3, 0.4) is 0 Å². The zero-order chi connectivity index (χ0) is 32.4. The molecule has 4 fully saturated rings. The normalized spacial score (nSPS) is 26.0. The van der Waals surface area contributed by atoms with E-state index in [-0.39, 0.29) is 47.8 Å². The van der Waals surface area contributed by atoms with Crippen LogP contribution in [0.2, 0.25) is 0 Å². The smallest absolute Gasteiger partial charge is 0.404 e. The standard InChI is InChI=1S/C35H49BN4O5/c1-7-8-9-23-10-12-24(13-11-23)28(41)17-25(20-39-33(43)27-21-37-14-15-38-27)32(42)40-31(16-22(2)3)36-44-30-19-26-18-29(34(26,4)5)35(30,6)45-36/h10-15,21-22,25-26,29-31H,7-9,16-20H2,1-6H3,(H,39,43)(H,40,42)/t25-,26-,29-,30+,31-,35-/m0/s1. The van der Waals surface area contributed by atoms with Gasteiger partial charge in [0.15, 0.2) is 5.78 Å². The Morgan fingerprint density at radius 2 is 1.84 bits per heavy atom. The number of rotatable bonds is 14. The van der Waals surface area contributed by atoms with Crippen molar-refractivity contribution >= 4 is 24.7 Å². The fourth-order valence-corrected chi connectivity index (χ4v) is 7.68. The maximum absolute atomic E-state index is 14.0. The lowest BCUT2D eigenvalue weighted by Gasteiger charge is -2.64. The number of benzene rings is 1. The number of Topliss-reactive ketones (excluding diaryl/α,β-unsaturated/α-hetero) is 1. The zero-order valence-electron chi connectivity index (χ0n) is 27.7. The van der Waals surface area contributed by atoms with E-state index in [4.69, 9.17) is 9.31 Å². The molecule has 3 aliphatic carbocycles. The highest BCUT2D eigenvalue weighted by Crippen LogP contribution is 2.65. The topological polar surface area (TPSA) is 120 Å². The van der Waals surface area contributed by atoms with Gasteiger partial charge in [0.05, 0.1) is 29.8 Å². The molecule has 2 aromatic rings. The highest BCUT2D eigenvalue weighted by atomic mass is 16.7. The molecule has 242 valence electrons. The van der Waals surface area contributed by atoms with Crippen LogP contribution in [0.25, 0.3) is 0 Å². The van der Waals surface area contributed by atoms with Gasteiger partial charge < -0.3 is 19.9 Å². The van der Waals surface area contributed by atoms with Crippen LogP contribution in [0.1, 0.15) is 106 Å². The van der Waals surface area contributed by atoms with E-state index in [0.717, 1.165) is 32.1 Å². The van der Waals surface area contributed by atoms with Crippen molar-refractivity contribution in [3.63, 3.8) is 0 Å². The van der Waals surface area contributed by atoms with Gasteiger partial charge in [-0.1, -0.05) is 65.3 Å². The Morgan fingerprint density at radius 3 is 2.49 bits per heavy atom. The molecule has 6 rings (SSSR count). The van der Waals surface area contributed by atoms with Gasteiger partial charge in [-0.05, 0) is 67.8 Å². The summed E-state index contributed by atoms with van der Waals surface area (Å²) < 4.78 is 13.3. The molecule has 2 heterocycles. The van der Waals surface area contributed by atoms with Crippen molar-refractivity contribution in [2.45, 2.75) is 104 Å². The van der Waals surface area contributed by atoms with E-state index in [2.05, 4.69) is 62.1 Å². The van der Waals surface area contributed by atoms with Crippen molar-refractivity contribution in [2.24, 2.45) is 29.1 Å². The van der Waals surface area contributed by atoms with Crippen LogP contribution in [-0.4, -0.2) is 58.9 Å². The molecule has 0 radical (unpaired) electrons. The molecule has 2 N–H and O–H groups in total. The molecule has 0 spiro atoms. The summed E-state index contributed by atoms with van der Waals surface area (Å²) in [6, 6.07) is 7.62. The van der Waals surface area contributed by atoms with Gasteiger partial charge in [0.2, 0.25) is 5.91 Å². The van der Waals surface area contributed by atoms with Crippen LogP contribution in [0.5, 0.6) is 0 Å². The van der Waals surface area contributed by atoms with Crippen molar-refractivity contribution in [3.8, 4) is 0 Å². The number of hydrogen-bond acceptors (Lipinski definition) is 7. The highest BCUT2D eigenvalue weighted by Gasteiger charge is 2.68. The van der Waals surface area contributed by atoms with E-state index in [1.165, 1.54) is 24.2 Å². The first-order chi connectivity index (χ1) is 21.4. The summed E-state index contributed by atoms with van der Waals surface area (Å²) in [5.41, 5.74) is 1.69. The lowest BCUT2D eigenvalue weighted by molar-refractivity contribution is -0.199. The Kier molecular flexibility index (Phi) is 10.1. The number of aryl methyl sites for hydroxylation is 1. The molecule has 9 nitrogen and oxygen atoms in total. The first kappa shape index (κ1) is 33.3. The predicted octanol–water partition coefficient (Wildman–Crippen LogP) is 5.24. The quantitative estimate of drug-likeness (QED) is 0.220. The van der Waals surface area contributed by atoms with Crippen molar-refractivity contribution < 1.29 is 23.7 Å². The zero-order valence-corrected chi connectivity index (χ0v) is 27.7. The Morgan fingerprint density at radius 1 is 1.09 bits per heavy atom. The fourth-order valence-electron chi connectivity index (χ4n) is 7.68. The van der Waals surface area contributed by atoms with Gasteiger partial charge in [0.25, 0.3) is 5.91 Å². The largest absolute Gasteiger partial charge is 0.481 e. The number of ketones is 1.